The fourth-order valence-electron chi connectivity index (χ4n) is 1.24. The molecule has 0 bridgehead atoms. The summed E-state index contributed by atoms with van der Waals surface area (Å²) in [6, 6.07) is 7.48. The minimum Gasteiger partial charge on any atom is -0.381 e. The van der Waals surface area contributed by atoms with Crippen LogP contribution >= 0.6 is 12.4 Å². The predicted molar refractivity (Wildman–Crippen MR) is 46.0 cm³/mol. The molecule has 0 fully saturated rings. The van der Waals surface area contributed by atoms with Crippen LogP contribution in [0.15, 0.2) is 24.3 Å². The van der Waals surface area contributed by atoms with Crippen molar-refractivity contribution in [2.75, 3.05) is 11.9 Å². The van der Waals surface area contributed by atoms with Gasteiger partial charge in [0.2, 0.25) is 0 Å². The molecule has 1 aromatic rings. The van der Waals surface area contributed by atoms with Crippen molar-refractivity contribution in [3.05, 3.63) is 29.8 Å². The molecule has 0 radical (unpaired) electrons. The molecule has 1 atom stereocenters. The van der Waals surface area contributed by atoms with Crippen molar-refractivity contribution in [2.24, 2.45) is 0 Å². The lowest BCUT2D eigenvalue weighted by atomic mass is 10.1. The number of hydrogen-bond acceptors (Lipinski definition) is 1. The minimum atomic E-state index is -0.809. The maximum absolute atomic E-state index is 12.9. The summed E-state index contributed by atoms with van der Waals surface area (Å²) >= 11 is 0. The first-order chi connectivity index (χ1) is 4.88. The van der Waals surface area contributed by atoms with Crippen molar-refractivity contribution in [3.8, 4) is 0 Å². The molecule has 2 rings (SSSR count). The van der Waals surface area contributed by atoms with Gasteiger partial charge >= 0.3 is 0 Å². The number of fused-ring (bicyclic) bond motifs is 1. The molecule has 0 saturated carbocycles. The van der Waals surface area contributed by atoms with Crippen molar-refractivity contribution in [1.29, 1.82) is 0 Å². The maximum Gasteiger partial charge on any atom is 0.144 e. The highest BCUT2D eigenvalue weighted by molar-refractivity contribution is 5.85. The summed E-state index contributed by atoms with van der Waals surface area (Å²) in [4.78, 5) is 0. The molecule has 0 spiro atoms. The highest BCUT2D eigenvalue weighted by atomic mass is 35.5. The highest BCUT2D eigenvalue weighted by Gasteiger charge is 2.19. The first kappa shape index (κ1) is 8.34. The van der Waals surface area contributed by atoms with Gasteiger partial charge in [0.1, 0.15) is 6.17 Å². The monoisotopic (exact) mass is 173 g/mol. The molecule has 0 saturated heterocycles. The zero-order chi connectivity index (χ0) is 6.97. The SMILES string of the molecule is Cl.FC1CNc2ccccc21. The van der Waals surface area contributed by atoms with E-state index < -0.39 is 6.17 Å². The van der Waals surface area contributed by atoms with Crippen LogP contribution in [0.5, 0.6) is 0 Å². The molecule has 1 N–H and O–H groups in total. The Morgan fingerprint density at radius 1 is 1.36 bits per heavy atom. The first-order valence-electron chi connectivity index (χ1n) is 3.35. The van der Waals surface area contributed by atoms with Crippen LogP contribution in [0.2, 0.25) is 0 Å². The third kappa shape index (κ3) is 1.31. The van der Waals surface area contributed by atoms with Gasteiger partial charge in [0, 0.05) is 11.3 Å². The highest BCUT2D eigenvalue weighted by Crippen LogP contribution is 2.31. The van der Waals surface area contributed by atoms with Gasteiger partial charge in [-0.05, 0) is 6.07 Å². The third-order valence-electron chi connectivity index (χ3n) is 1.77. The number of halogens is 2. The smallest absolute Gasteiger partial charge is 0.144 e. The van der Waals surface area contributed by atoms with Gasteiger partial charge in [0.25, 0.3) is 0 Å². The van der Waals surface area contributed by atoms with Crippen LogP contribution in [0.4, 0.5) is 10.1 Å². The summed E-state index contributed by atoms with van der Waals surface area (Å²) in [6.45, 7) is 0.430. The van der Waals surface area contributed by atoms with Crippen LogP contribution in [0, 0.1) is 0 Å². The Kier molecular flexibility index (Phi) is 2.35. The summed E-state index contributed by atoms with van der Waals surface area (Å²) in [6.07, 6.45) is -0.809. The Hall–Kier alpha value is -0.760. The van der Waals surface area contributed by atoms with E-state index in [1.165, 1.54) is 0 Å². The van der Waals surface area contributed by atoms with Gasteiger partial charge in [-0.1, -0.05) is 18.2 Å². The Bertz CT molecular complexity index is 252. The van der Waals surface area contributed by atoms with Crippen LogP contribution < -0.4 is 5.32 Å². The van der Waals surface area contributed by atoms with Crippen molar-refractivity contribution in [3.63, 3.8) is 0 Å². The molecule has 60 valence electrons. The summed E-state index contributed by atoms with van der Waals surface area (Å²) in [5.74, 6) is 0. The zero-order valence-electron chi connectivity index (χ0n) is 5.88. The fraction of sp³-hybridized carbons (Fsp3) is 0.250. The van der Waals surface area contributed by atoms with E-state index >= 15 is 0 Å². The molecule has 1 nitrogen and oxygen atoms in total. The van der Waals surface area contributed by atoms with E-state index in [9.17, 15) is 4.39 Å². The summed E-state index contributed by atoms with van der Waals surface area (Å²) in [5, 5.41) is 2.97. The predicted octanol–water partition coefficient (Wildman–Crippen LogP) is 2.54. The zero-order valence-corrected chi connectivity index (χ0v) is 6.70. The van der Waals surface area contributed by atoms with Gasteiger partial charge in [-0.25, -0.2) is 4.39 Å². The van der Waals surface area contributed by atoms with Crippen molar-refractivity contribution in [1.82, 2.24) is 0 Å². The normalized spacial score (nSPS) is 19.9. The summed E-state index contributed by atoms with van der Waals surface area (Å²) < 4.78 is 12.9. The van der Waals surface area contributed by atoms with Gasteiger partial charge in [0.15, 0.2) is 0 Å². The Morgan fingerprint density at radius 3 is 2.82 bits per heavy atom. The van der Waals surface area contributed by atoms with Crippen molar-refractivity contribution < 1.29 is 4.39 Å². The van der Waals surface area contributed by atoms with Crippen LogP contribution in [0.3, 0.4) is 0 Å². The molecule has 0 aromatic heterocycles. The van der Waals surface area contributed by atoms with E-state index in [1.807, 2.05) is 24.3 Å². The van der Waals surface area contributed by atoms with E-state index in [1.54, 1.807) is 0 Å². The van der Waals surface area contributed by atoms with E-state index in [4.69, 9.17) is 0 Å². The van der Waals surface area contributed by atoms with E-state index in [0.29, 0.717) is 6.54 Å². The van der Waals surface area contributed by atoms with Gasteiger partial charge in [-0.3, -0.25) is 0 Å². The number of para-hydroxylation sites is 1. The number of hydrogen-bond donors (Lipinski definition) is 1. The molecule has 1 aliphatic rings. The van der Waals surface area contributed by atoms with Gasteiger partial charge in [-0.15, -0.1) is 12.4 Å². The molecule has 1 aromatic carbocycles. The second-order valence-corrected chi connectivity index (χ2v) is 2.44. The fourth-order valence-corrected chi connectivity index (χ4v) is 1.24. The average Bonchev–Trinajstić information content (AvgIpc) is 2.34. The number of benzene rings is 1. The largest absolute Gasteiger partial charge is 0.381 e. The Morgan fingerprint density at radius 2 is 2.09 bits per heavy atom. The maximum atomic E-state index is 12.9. The second-order valence-electron chi connectivity index (χ2n) is 2.44. The molecule has 0 amide bonds. The van der Waals surface area contributed by atoms with Crippen LogP contribution in [0.25, 0.3) is 0 Å². The quantitative estimate of drug-likeness (QED) is 0.636. The first-order valence-corrected chi connectivity index (χ1v) is 3.35. The molecule has 0 aliphatic carbocycles. The molecular formula is C8H9ClFN. The molecule has 3 heteroatoms. The molecule has 1 heterocycles. The number of nitrogens with one attached hydrogen (secondary N) is 1. The summed E-state index contributed by atoms with van der Waals surface area (Å²) in [7, 11) is 0. The van der Waals surface area contributed by atoms with E-state index in [-0.39, 0.29) is 12.4 Å². The topological polar surface area (TPSA) is 12.0 Å². The third-order valence-corrected chi connectivity index (χ3v) is 1.77. The molecule has 1 unspecified atom stereocenters. The second kappa shape index (κ2) is 3.09. The Labute approximate surface area is 71.0 Å². The van der Waals surface area contributed by atoms with Gasteiger partial charge in [-0.2, -0.15) is 0 Å². The molecular weight excluding hydrogens is 165 g/mol. The van der Waals surface area contributed by atoms with Gasteiger partial charge < -0.3 is 5.32 Å². The van der Waals surface area contributed by atoms with Gasteiger partial charge in [0.05, 0.1) is 6.54 Å². The lowest BCUT2D eigenvalue weighted by Gasteiger charge is -1.96. The number of rotatable bonds is 0. The van der Waals surface area contributed by atoms with Crippen LogP contribution in [0.1, 0.15) is 11.7 Å². The average molecular weight is 174 g/mol. The van der Waals surface area contributed by atoms with E-state index in [2.05, 4.69) is 5.32 Å². The van der Waals surface area contributed by atoms with Crippen molar-refractivity contribution >= 4 is 18.1 Å². The minimum absolute atomic E-state index is 0. The van der Waals surface area contributed by atoms with Crippen LogP contribution in [-0.2, 0) is 0 Å². The van der Waals surface area contributed by atoms with Crippen LogP contribution in [-0.4, -0.2) is 6.54 Å². The number of anilines is 1. The standard InChI is InChI=1S/C8H8FN.ClH/c9-7-5-10-8-4-2-1-3-6(7)8;/h1-4,7,10H,5H2;1H. The lowest BCUT2D eigenvalue weighted by Crippen LogP contribution is -1.94. The summed E-state index contributed by atoms with van der Waals surface area (Å²) in [5.41, 5.74) is 1.73. The van der Waals surface area contributed by atoms with E-state index in [0.717, 1.165) is 11.3 Å². The number of alkyl halides is 1. The van der Waals surface area contributed by atoms with Crippen molar-refractivity contribution in [2.45, 2.75) is 6.17 Å². The lowest BCUT2D eigenvalue weighted by molar-refractivity contribution is 0.373. The molecule has 1 aliphatic heterocycles. The Balaban J connectivity index is 0.000000605. The molecule has 11 heavy (non-hydrogen) atoms.